The van der Waals surface area contributed by atoms with Gasteiger partial charge >= 0.3 is 6.03 Å². The Bertz CT molecular complexity index is 844. The number of amides is 4. The normalized spacial score (nSPS) is 14.3. The predicted molar refractivity (Wildman–Crippen MR) is 106 cm³/mol. The lowest BCUT2D eigenvalue weighted by Crippen LogP contribution is -2.56. The summed E-state index contributed by atoms with van der Waals surface area (Å²) in [6, 6.07) is 10.9. The Labute approximate surface area is 169 Å². The molecule has 1 aromatic heterocycles. The van der Waals surface area contributed by atoms with Crippen molar-refractivity contribution in [3.05, 3.63) is 59.5 Å². The van der Waals surface area contributed by atoms with E-state index in [9.17, 15) is 14.4 Å². The summed E-state index contributed by atoms with van der Waals surface area (Å²) in [6.07, 6.45) is 1.42. The molecule has 4 amide bonds. The van der Waals surface area contributed by atoms with Crippen LogP contribution in [0.5, 0.6) is 0 Å². The molecule has 0 bridgehead atoms. The zero-order valence-corrected chi connectivity index (χ0v) is 16.3. The summed E-state index contributed by atoms with van der Waals surface area (Å²) in [5, 5.41) is 2.90. The van der Waals surface area contributed by atoms with Gasteiger partial charge in [-0.05, 0) is 18.6 Å². The lowest BCUT2D eigenvalue weighted by molar-refractivity contribution is -0.122. The molecule has 0 spiro atoms. The fraction of sp³-hybridized carbons (Fsp3) is 0.350. The maximum atomic E-state index is 12.2. The molecule has 0 atom stereocenters. The van der Waals surface area contributed by atoms with Crippen molar-refractivity contribution in [2.45, 2.75) is 13.5 Å². The van der Waals surface area contributed by atoms with Crippen molar-refractivity contribution in [1.82, 2.24) is 26.0 Å². The van der Waals surface area contributed by atoms with E-state index in [1.54, 1.807) is 17.9 Å². The molecule has 0 saturated carbocycles. The summed E-state index contributed by atoms with van der Waals surface area (Å²) in [5.41, 5.74) is 6.21. The van der Waals surface area contributed by atoms with Crippen LogP contribution in [0.2, 0.25) is 0 Å². The van der Waals surface area contributed by atoms with Crippen LogP contribution in [0.1, 0.15) is 21.7 Å². The van der Waals surface area contributed by atoms with Crippen molar-refractivity contribution >= 4 is 17.8 Å². The molecule has 3 rings (SSSR count). The van der Waals surface area contributed by atoms with Gasteiger partial charge in [0, 0.05) is 32.7 Å². The highest BCUT2D eigenvalue weighted by Gasteiger charge is 2.23. The summed E-state index contributed by atoms with van der Waals surface area (Å²) in [7, 11) is 0. The SMILES string of the molecule is Cc1occc1C(=O)NNC(=O)N1CCN(CC(=O)NCc2ccccc2)CC1. The molecule has 1 fully saturated rings. The number of hydrogen-bond acceptors (Lipinski definition) is 5. The average Bonchev–Trinajstić information content (AvgIpc) is 3.17. The van der Waals surface area contributed by atoms with E-state index in [1.165, 1.54) is 6.26 Å². The number of hydrazine groups is 1. The number of carbonyl (C=O) groups excluding carboxylic acids is 3. The molecule has 2 heterocycles. The molecule has 1 aliphatic rings. The number of rotatable bonds is 5. The van der Waals surface area contributed by atoms with E-state index < -0.39 is 5.91 Å². The molecular formula is C20H25N5O4. The Morgan fingerprint density at radius 2 is 1.72 bits per heavy atom. The van der Waals surface area contributed by atoms with Crippen molar-refractivity contribution in [2.24, 2.45) is 0 Å². The monoisotopic (exact) mass is 399 g/mol. The lowest BCUT2D eigenvalue weighted by atomic mass is 10.2. The van der Waals surface area contributed by atoms with Crippen LogP contribution in [0.15, 0.2) is 47.1 Å². The molecule has 0 radical (unpaired) electrons. The van der Waals surface area contributed by atoms with Crippen LogP contribution in [-0.4, -0.2) is 60.4 Å². The third-order valence-corrected chi connectivity index (χ3v) is 4.75. The first-order valence-electron chi connectivity index (χ1n) is 9.45. The first-order chi connectivity index (χ1) is 14.0. The molecule has 1 saturated heterocycles. The van der Waals surface area contributed by atoms with Gasteiger partial charge in [-0.15, -0.1) is 0 Å². The summed E-state index contributed by atoms with van der Waals surface area (Å²) >= 11 is 0. The molecule has 0 unspecified atom stereocenters. The maximum Gasteiger partial charge on any atom is 0.336 e. The van der Waals surface area contributed by atoms with Gasteiger partial charge in [0.2, 0.25) is 5.91 Å². The Balaban J connectivity index is 1.35. The van der Waals surface area contributed by atoms with Crippen LogP contribution in [0.4, 0.5) is 4.79 Å². The standard InChI is InChI=1S/C20H25N5O4/c1-15-17(7-12-29-15)19(27)22-23-20(28)25-10-8-24(9-11-25)14-18(26)21-13-16-5-3-2-4-6-16/h2-7,12H,8-11,13-14H2,1H3,(H,21,26)(H,22,27)(H,23,28). The van der Waals surface area contributed by atoms with E-state index in [2.05, 4.69) is 16.2 Å². The Kier molecular flexibility index (Phi) is 6.85. The van der Waals surface area contributed by atoms with Gasteiger partial charge in [-0.25, -0.2) is 10.2 Å². The number of benzene rings is 1. The van der Waals surface area contributed by atoms with Gasteiger partial charge in [0.25, 0.3) is 5.91 Å². The van der Waals surface area contributed by atoms with Gasteiger partial charge in [0.05, 0.1) is 18.4 Å². The van der Waals surface area contributed by atoms with E-state index in [-0.39, 0.29) is 11.9 Å². The minimum atomic E-state index is -0.432. The zero-order chi connectivity index (χ0) is 20.6. The van der Waals surface area contributed by atoms with Crippen molar-refractivity contribution in [2.75, 3.05) is 32.7 Å². The van der Waals surface area contributed by atoms with Crippen LogP contribution in [0, 0.1) is 6.92 Å². The van der Waals surface area contributed by atoms with Gasteiger partial charge < -0.3 is 14.6 Å². The van der Waals surface area contributed by atoms with Gasteiger partial charge in [0.15, 0.2) is 0 Å². The smallest absolute Gasteiger partial charge is 0.336 e. The number of urea groups is 1. The molecule has 1 aliphatic heterocycles. The maximum absolute atomic E-state index is 12.2. The van der Waals surface area contributed by atoms with E-state index in [0.29, 0.717) is 50.6 Å². The highest BCUT2D eigenvalue weighted by molar-refractivity contribution is 5.96. The molecule has 9 heteroatoms. The molecule has 1 aromatic carbocycles. The third-order valence-electron chi connectivity index (χ3n) is 4.75. The molecule has 2 aromatic rings. The fourth-order valence-electron chi connectivity index (χ4n) is 3.04. The number of piperazine rings is 1. The summed E-state index contributed by atoms with van der Waals surface area (Å²) in [5.74, 6) is 0.00345. The number of aryl methyl sites for hydroxylation is 1. The molecule has 9 nitrogen and oxygen atoms in total. The van der Waals surface area contributed by atoms with Crippen LogP contribution < -0.4 is 16.2 Å². The number of nitrogens with one attached hydrogen (secondary N) is 3. The van der Waals surface area contributed by atoms with Gasteiger partial charge in [0.1, 0.15) is 5.76 Å². The highest BCUT2D eigenvalue weighted by Crippen LogP contribution is 2.08. The van der Waals surface area contributed by atoms with E-state index in [4.69, 9.17) is 4.42 Å². The number of carbonyl (C=O) groups is 3. The second kappa shape index (κ2) is 9.74. The number of nitrogens with zero attached hydrogens (tertiary/aromatic N) is 2. The quantitative estimate of drug-likeness (QED) is 0.647. The van der Waals surface area contributed by atoms with Crippen LogP contribution >= 0.6 is 0 Å². The van der Waals surface area contributed by atoms with E-state index in [1.807, 2.05) is 35.2 Å². The Morgan fingerprint density at radius 1 is 1.00 bits per heavy atom. The predicted octanol–water partition coefficient (Wildman–Crippen LogP) is 0.876. The molecule has 29 heavy (non-hydrogen) atoms. The fourth-order valence-corrected chi connectivity index (χ4v) is 3.04. The average molecular weight is 399 g/mol. The summed E-state index contributed by atoms with van der Waals surface area (Å²) < 4.78 is 5.07. The minimum Gasteiger partial charge on any atom is -0.469 e. The van der Waals surface area contributed by atoms with Gasteiger partial charge in [-0.1, -0.05) is 30.3 Å². The Hall–Kier alpha value is -3.33. The van der Waals surface area contributed by atoms with E-state index in [0.717, 1.165) is 5.56 Å². The number of hydrogen-bond donors (Lipinski definition) is 3. The van der Waals surface area contributed by atoms with Crippen molar-refractivity contribution in [1.29, 1.82) is 0 Å². The lowest BCUT2D eigenvalue weighted by Gasteiger charge is -2.34. The highest BCUT2D eigenvalue weighted by atomic mass is 16.3. The van der Waals surface area contributed by atoms with Crippen molar-refractivity contribution in [3.8, 4) is 0 Å². The topological polar surface area (TPSA) is 107 Å². The molecular weight excluding hydrogens is 374 g/mol. The first-order valence-corrected chi connectivity index (χ1v) is 9.45. The van der Waals surface area contributed by atoms with Crippen LogP contribution in [0.3, 0.4) is 0 Å². The van der Waals surface area contributed by atoms with Gasteiger partial charge in [-0.2, -0.15) is 0 Å². The summed E-state index contributed by atoms with van der Waals surface area (Å²) in [6.45, 7) is 4.57. The third kappa shape index (κ3) is 5.82. The van der Waals surface area contributed by atoms with Gasteiger partial charge in [-0.3, -0.25) is 19.9 Å². The summed E-state index contributed by atoms with van der Waals surface area (Å²) in [4.78, 5) is 39.9. The molecule has 3 N–H and O–H groups in total. The minimum absolute atomic E-state index is 0.0468. The zero-order valence-electron chi connectivity index (χ0n) is 16.3. The largest absolute Gasteiger partial charge is 0.469 e. The molecule has 154 valence electrons. The van der Waals surface area contributed by atoms with Crippen LogP contribution in [-0.2, 0) is 11.3 Å². The second-order valence-corrected chi connectivity index (χ2v) is 6.80. The molecule has 0 aliphatic carbocycles. The van der Waals surface area contributed by atoms with Crippen LogP contribution in [0.25, 0.3) is 0 Å². The number of furan rings is 1. The second-order valence-electron chi connectivity index (χ2n) is 6.80. The van der Waals surface area contributed by atoms with E-state index >= 15 is 0 Å². The van der Waals surface area contributed by atoms with Crippen molar-refractivity contribution < 1.29 is 18.8 Å². The van der Waals surface area contributed by atoms with Crippen molar-refractivity contribution in [3.63, 3.8) is 0 Å². The Morgan fingerprint density at radius 3 is 2.38 bits per heavy atom. The first kappa shape index (κ1) is 20.4.